The van der Waals surface area contributed by atoms with Crippen molar-refractivity contribution < 1.29 is 9.47 Å². The van der Waals surface area contributed by atoms with Gasteiger partial charge < -0.3 is 14.0 Å². The predicted octanol–water partition coefficient (Wildman–Crippen LogP) is 0.281. The van der Waals surface area contributed by atoms with Gasteiger partial charge in [0, 0.05) is 38.9 Å². The number of nitrogens with zero attached hydrogens (tertiary/aromatic N) is 6. The summed E-state index contributed by atoms with van der Waals surface area (Å²) in [5.41, 5.74) is 0. The molecule has 0 aliphatic rings. The Morgan fingerprint density at radius 3 is 2.89 bits per heavy atom. The van der Waals surface area contributed by atoms with E-state index in [0.717, 1.165) is 17.5 Å². The van der Waals surface area contributed by atoms with Crippen LogP contribution in [0.4, 0.5) is 0 Å². The number of thioether (sulfide) groups is 1. The smallest absolute Gasteiger partial charge is 0.209 e. The summed E-state index contributed by atoms with van der Waals surface area (Å²) in [5, 5.41) is 12.3. The highest BCUT2D eigenvalue weighted by molar-refractivity contribution is 7.99. The van der Waals surface area contributed by atoms with E-state index in [0.29, 0.717) is 6.54 Å². The lowest BCUT2D eigenvalue weighted by Gasteiger charge is -2.13. The van der Waals surface area contributed by atoms with Crippen molar-refractivity contribution in [3.05, 3.63) is 18.7 Å². The third-order valence-corrected chi connectivity index (χ3v) is 3.42. The quantitative estimate of drug-likeness (QED) is 0.509. The van der Waals surface area contributed by atoms with E-state index in [9.17, 15) is 0 Å². The summed E-state index contributed by atoms with van der Waals surface area (Å²) in [6.45, 7) is 1.32. The molecule has 0 amide bonds. The van der Waals surface area contributed by atoms with E-state index >= 15 is 0 Å². The van der Waals surface area contributed by atoms with Gasteiger partial charge in [0.1, 0.15) is 0 Å². The lowest BCUT2D eigenvalue weighted by Crippen LogP contribution is -2.22. The molecule has 0 bridgehead atoms. The minimum Gasteiger partial charge on any atom is -0.354 e. The van der Waals surface area contributed by atoms with Crippen LogP contribution in [-0.2, 0) is 22.6 Å². The molecule has 19 heavy (non-hydrogen) atoms. The lowest BCUT2D eigenvalue weighted by molar-refractivity contribution is -0.113. The zero-order valence-electron chi connectivity index (χ0n) is 10.8. The summed E-state index contributed by atoms with van der Waals surface area (Å²) >= 11 is 1.58. The van der Waals surface area contributed by atoms with E-state index in [1.165, 1.54) is 0 Å². The van der Waals surface area contributed by atoms with Crippen molar-refractivity contribution in [3.8, 4) is 0 Å². The molecule has 0 fully saturated rings. The van der Waals surface area contributed by atoms with Gasteiger partial charge in [-0.1, -0.05) is 11.8 Å². The van der Waals surface area contributed by atoms with Crippen LogP contribution in [0.5, 0.6) is 0 Å². The lowest BCUT2D eigenvalue weighted by atomic mass is 10.6. The Labute approximate surface area is 115 Å². The van der Waals surface area contributed by atoms with Crippen molar-refractivity contribution in [1.29, 1.82) is 0 Å². The van der Waals surface area contributed by atoms with Crippen molar-refractivity contribution >= 4 is 11.8 Å². The normalized spacial score (nSPS) is 11.3. The molecular formula is C10H16N6O2S. The van der Waals surface area contributed by atoms with Crippen molar-refractivity contribution in [2.24, 2.45) is 0 Å². The molecule has 9 heteroatoms. The van der Waals surface area contributed by atoms with Gasteiger partial charge in [-0.15, -0.1) is 5.10 Å². The van der Waals surface area contributed by atoms with Crippen LogP contribution >= 0.6 is 11.8 Å². The molecule has 2 aromatic rings. The molecule has 0 radical (unpaired) electrons. The number of aromatic nitrogens is 6. The van der Waals surface area contributed by atoms with Crippen molar-refractivity contribution in [2.45, 2.75) is 24.5 Å². The van der Waals surface area contributed by atoms with Gasteiger partial charge in [-0.05, 0) is 10.4 Å². The first-order valence-electron chi connectivity index (χ1n) is 5.73. The second kappa shape index (κ2) is 7.22. The van der Waals surface area contributed by atoms with Crippen LogP contribution in [0.2, 0.25) is 0 Å². The molecule has 0 aliphatic carbocycles. The first-order chi connectivity index (χ1) is 9.33. The summed E-state index contributed by atoms with van der Waals surface area (Å²) < 4.78 is 13.9. The van der Waals surface area contributed by atoms with Crippen LogP contribution in [0.3, 0.4) is 0 Å². The number of tetrazole rings is 1. The molecule has 2 rings (SSSR count). The van der Waals surface area contributed by atoms with Crippen molar-refractivity contribution in [3.63, 3.8) is 0 Å². The fourth-order valence-electron chi connectivity index (χ4n) is 1.46. The third kappa shape index (κ3) is 4.01. The predicted molar refractivity (Wildman–Crippen MR) is 68.6 cm³/mol. The third-order valence-electron chi connectivity index (χ3n) is 2.49. The summed E-state index contributed by atoms with van der Waals surface area (Å²) in [5.74, 6) is 0.862. The highest BCUT2D eigenvalue weighted by atomic mass is 32.2. The standard InChI is InChI=1S/C10H16N6O2S/c1-17-9(18-2)7-16-10(12-13-14-16)19-6-5-15-4-3-11-8-15/h3-4,8-9H,5-7H2,1-2H3. The van der Waals surface area contributed by atoms with Crippen LogP contribution in [0.15, 0.2) is 23.9 Å². The number of hydrogen-bond acceptors (Lipinski definition) is 7. The Kier molecular flexibility index (Phi) is 5.31. The van der Waals surface area contributed by atoms with Gasteiger partial charge in [-0.25, -0.2) is 9.67 Å². The Morgan fingerprint density at radius 2 is 2.21 bits per heavy atom. The second-order valence-electron chi connectivity index (χ2n) is 3.69. The van der Waals surface area contributed by atoms with Gasteiger partial charge in [-0.3, -0.25) is 0 Å². The largest absolute Gasteiger partial charge is 0.354 e. The van der Waals surface area contributed by atoms with Gasteiger partial charge in [0.05, 0.1) is 12.9 Å². The molecule has 8 nitrogen and oxygen atoms in total. The molecule has 104 valence electrons. The number of methoxy groups -OCH3 is 2. The van der Waals surface area contributed by atoms with E-state index < -0.39 is 0 Å². The van der Waals surface area contributed by atoms with E-state index in [1.54, 1.807) is 43.2 Å². The van der Waals surface area contributed by atoms with Crippen LogP contribution in [0.25, 0.3) is 0 Å². The number of imidazole rings is 1. The molecule has 2 heterocycles. The Hall–Kier alpha value is -1.45. The van der Waals surface area contributed by atoms with Gasteiger partial charge in [0.25, 0.3) is 0 Å². The van der Waals surface area contributed by atoms with E-state index in [1.807, 2.05) is 10.8 Å². The Morgan fingerprint density at radius 1 is 1.37 bits per heavy atom. The monoisotopic (exact) mass is 284 g/mol. The fourth-order valence-corrected chi connectivity index (χ4v) is 2.30. The molecular weight excluding hydrogens is 268 g/mol. The highest BCUT2D eigenvalue weighted by Crippen LogP contribution is 2.14. The molecule has 0 aromatic carbocycles. The highest BCUT2D eigenvalue weighted by Gasteiger charge is 2.12. The summed E-state index contributed by atoms with van der Waals surface area (Å²) in [6, 6.07) is 0. The zero-order chi connectivity index (χ0) is 13.5. The topological polar surface area (TPSA) is 79.9 Å². The average molecular weight is 284 g/mol. The first kappa shape index (κ1) is 14.0. The molecule has 0 spiro atoms. The molecule has 0 saturated carbocycles. The Balaban J connectivity index is 1.85. The van der Waals surface area contributed by atoms with Crippen LogP contribution in [0.1, 0.15) is 0 Å². The SMILES string of the molecule is COC(Cn1nnnc1SCCn1ccnc1)OC. The number of hydrogen-bond donors (Lipinski definition) is 0. The van der Waals surface area contributed by atoms with Gasteiger partial charge in [0.2, 0.25) is 5.16 Å². The van der Waals surface area contributed by atoms with E-state index in [2.05, 4.69) is 20.5 Å². The summed E-state index contributed by atoms with van der Waals surface area (Å²) in [7, 11) is 3.18. The minimum absolute atomic E-state index is 0.350. The van der Waals surface area contributed by atoms with Crippen LogP contribution in [-0.4, -0.2) is 56.0 Å². The number of ether oxygens (including phenoxy) is 2. The molecule has 0 N–H and O–H groups in total. The molecule has 0 atom stereocenters. The fraction of sp³-hybridized carbons (Fsp3) is 0.600. The first-order valence-corrected chi connectivity index (χ1v) is 6.72. The maximum atomic E-state index is 5.13. The zero-order valence-corrected chi connectivity index (χ0v) is 11.7. The summed E-state index contributed by atoms with van der Waals surface area (Å²) in [4.78, 5) is 3.99. The van der Waals surface area contributed by atoms with Gasteiger partial charge >= 0.3 is 0 Å². The van der Waals surface area contributed by atoms with Crippen LogP contribution in [0, 0.1) is 0 Å². The van der Waals surface area contributed by atoms with Gasteiger partial charge in [0.15, 0.2) is 6.29 Å². The van der Waals surface area contributed by atoms with Gasteiger partial charge in [-0.2, -0.15) is 0 Å². The molecule has 2 aromatic heterocycles. The number of aryl methyl sites for hydroxylation is 1. The van der Waals surface area contributed by atoms with E-state index in [4.69, 9.17) is 9.47 Å². The summed E-state index contributed by atoms with van der Waals surface area (Å²) in [6.07, 6.45) is 5.12. The maximum absolute atomic E-state index is 5.13. The Bertz CT molecular complexity index is 470. The average Bonchev–Trinajstić information content (AvgIpc) is 3.08. The van der Waals surface area contributed by atoms with Crippen LogP contribution < -0.4 is 0 Å². The second-order valence-corrected chi connectivity index (χ2v) is 4.76. The minimum atomic E-state index is -0.350. The maximum Gasteiger partial charge on any atom is 0.209 e. The number of rotatable bonds is 8. The van der Waals surface area contributed by atoms with E-state index in [-0.39, 0.29) is 6.29 Å². The molecule has 0 saturated heterocycles. The van der Waals surface area contributed by atoms with Crippen molar-refractivity contribution in [2.75, 3.05) is 20.0 Å². The molecule has 0 unspecified atom stereocenters. The molecule has 0 aliphatic heterocycles. The van der Waals surface area contributed by atoms with Crippen molar-refractivity contribution in [1.82, 2.24) is 29.8 Å².